The summed E-state index contributed by atoms with van der Waals surface area (Å²) >= 11 is 0. The van der Waals surface area contributed by atoms with Crippen molar-refractivity contribution >= 4 is 11.8 Å². The van der Waals surface area contributed by atoms with Gasteiger partial charge in [0.2, 0.25) is 18.6 Å². The Balaban J connectivity index is 1.34. The fourth-order valence-electron chi connectivity index (χ4n) is 4.48. The highest BCUT2D eigenvalue weighted by Crippen LogP contribution is 2.37. The Bertz CT molecular complexity index is 735. The molecule has 2 saturated heterocycles. The van der Waals surface area contributed by atoms with E-state index in [9.17, 15) is 9.59 Å². The van der Waals surface area contributed by atoms with E-state index in [2.05, 4.69) is 19.1 Å². The number of ether oxygens (including phenoxy) is 2. The van der Waals surface area contributed by atoms with Crippen LogP contribution in [0.4, 0.5) is 0 Å². The molecule has 2 amide bonds. The Morgan fingerprint density at radius 2 is 1.81 bits per heavy atom. The summed E-state index contributed by atoms with van der Waals surface area (Å²) in [4.78, 5) is 28.0. The summed E-state index contributed by atoms with van der Waals surface area (Å²) in [6, 6.07) is 6.13. The molecule has 0 saturated carbocycles. The molecule has 0 aliphatic carbocycles. The van der Waals surface area contributed by atoms with Crippen molar-refractivity contribution in [1.82, 2.24) is 9.80 Å². The maximum atomic E-state index is 12.4. The minimum Gasteiger partial charge on any atom is -0.454 e. The lowest BCUT2D eigenvalue weighted by Crippen LogP contribution is -2.47. The summed E-state index contributed by atoms with van der Waals surface area (Å²) in [7, 11) is 0. The number of benzene rings is 1. The number of likely N-dealkylation sites (tertiary alicyclic amines) is 2. The molecule has 0 spiro atoms. The SMILES string of the molecule is C[C@]1(Cc2ccc3c(c2)OCO3)CCC(=O)N(CCCN2CCCC2=O)C1. The average Bonchev–Trinajstić information content (AvgIpc) is 3.27. The van der Waals surface area contributed by atoms with E-state index in [0.717, 1.165) is 63.4 Å². The van der Waals surface area contributed by atoms with Gasteiger partial charge in [-0.3, -0.25) is 9.59 Å². The fourth-order valence-corrected chi connectivity index (χ4v) is 4.48. The van der Waals surface area contributed by atoms with Crippen LogP contribution in [0.25, 0.3) is 0 Å². The summed E-state index contributed by atoms with van der Waals surface area (Å²) in [5, 5.41) is 0. The van der Waals surface area contributed by atoms with Crippen molar-refractivity contribution in [3.63, 3.8) is 0 Å². The maximum Gasteiger partial charge on any atom is 0.231 e. The van der Waals surface area contributed by atoms with Crippen LogP contribution in [0.5, 0.6) is 11.5 Å². The van der Waals surface area contributed by atoms with Crippen molar-refractivity contribution < 1.29 is 19.1 Å². The molecule has 1 atom stereocenters. The summed E-state index contributed by atoms with van der Waals surface area (Å²) in [5.74, 6) is 2.12. The second kappa shape index (κ2) is 7.41. The fraction of sp³-hybridized carbons (Fsp3) is 0.619. The number of nitrogens with zero attached hydrogens (tertiary/aromatic N) is 2. The molecule has 3 heterocycles. The van der Waals surface area contributed by atoms with Crippen molar-refractivity contribution in [3.8, 4) is 11.5 Å². The Labute approximate surface area is 160 Å². The van der Waals surface area contributed by atoms with Gasteiger partial charge in [0.1, 0.15) is 0 Å². The van der Waals surface area contributed by atoms with Gasteiger partial charge >= 0.3 is 0 Å². The van der Waals surface area contributed by atoms with E-state index in [1.807, 2.05) is 15.9 Å². The van der Waals surface area contributed by atoms with E-state index in [4.69, 9.17) is 9.47 Å². The Hall–Kier alpha value is -2.24. The molecule has 0 unspecified atom stereocenters. The Kier molecular flexibility index (Phi) is 4.98. The molecular formula is C21H28N2O4. The quantitative estimate of drug-likeness (QED) is 0.770. The van der Waals surface area contributed by atoms with Gasteiger partial charge < -0.3 is 19.3 Å². The molecule has 2 fully saturated rings. The predicted molar refractivity (Wildman–Crippen MR) is 101 cm³/mol. The van der Waals surface area contributed by atoms with Crippen LogP contribution in [0.2, 0.25) is 0 Å². The van der Waals surface area contributed by atoms with Gasteiger partial charge in [-0.15, -0.1) is 0 Å². The lowest BCUT2D eigenvalue weighted by Gasteiger charge is -2.40. The number of rotatable bonds is 6. The van der Waals surface area contributed by atoms with E-state index in [-0.39, 0.29) is 24.0 Å². The molecule has 146 valence electrons. The molecule has 0 N–H and O–H groups in total. The molecule has 4 rings (SSSR count). The van der Waals surface area contributed by atoms with Gasteiger partial charge in [0, 0.05) is 39.0 Å². The van der Waals surface area contributed by atoms with Crippen LogP contribution in [0.15, 0.2) is 18.2 Å². The van der Waals surface area contributed by atoms with Crippen LogP contribution in [0, 0.1) is 5.41 Å². The topological polar surface area (TPSA) is 59.1 Å². The molecule has 6 heteroatoms. The van der Waals surface area contributed by atoms with Crippen molar-refractivity contribution in [2.45, 2.75) is 45.4 Å². The molecule has 1 aromatic carbocycles. The smallest absolute Gasteiger partial charge is 0.231 e. The first-order valence-electron chi connectivity index (χ1n) is 9.97. The predicted octanol–water partition coefficient (Wildman–Crippen LogP) is 2.60. The van der Waals surface area contributed by atoms with Gasteiger partial charge in [-0.05, 0) is 48.8 Å². The first kappa shape index (κ1) is 18.1. The molecule has 3 aliphatic heterocycles. The minimum absolute atomic E-state index is 0.0606. The van der Waals surface area contributed by atoms with Gasteiger partial charge in [0.25, 0.3) is 0 Å². The molecule has 0 radical (unpaired) electrons. The van der Waals surface area contributed by atoms with Gasteiger partial charge in [-0.25, -0.2) is 0 Å². The number of hydrogen-bond donors (Lipinski definition) is 0. The third-order valence-electron chi connectivity index (χ3n) is 5.96. The average molecular weight is 372 g/mol. The zero-order chi connectivity index (χ0) is 18.9. The lowest BCUT2D eigenvalue weighted by atomic mass is 9.76. The monoisotopic (exact) mass is 372 g/mol. The Morgan fingerprint density at radius 3 is 2.63 bits per heavy atom. The first-order chi connectivity index (χ1) is 13.0. The highest BCUT2D eigenvalue weighted by molar-refractivity contribution is 5.78. The van der Waals surface area contributed by atoms with Gasteiger partial charge in [0.15, 0.2) is 11.5 Å². The van der Waals surface area contributed by atoms with Crippen LogP contribution in [0.1, 0.15) is 44.6 Å². The number of hydrogen-bond acceptors (Lipinski definition) is 4. The first-order valence-corrected chi connectivity index (χ1v) is 9.97. The molecule has 6 nitrogen and oxygen atoms in total. The number of piperidine rings is 1. The maximum absolute atomic E-state index is 12.4. The zero-order valence-electron chi connectivity index (χ0n) is 16.0. The summed E-state index contributed by atoms with van der Waals surface area (Å²) in [6.07, 6.45) is 4.92. The third-order valence-corrected chi connectivity index (χ3v) is 5.96. The highest BCUT2D eigenvalue weighted by Gasteiger charge is 2.35. The minimum atomic E-state index is 0.0606. The standard InChI is InChI=1S/C21H28N2O4/c1-21(13-16-5-6-17-18(12-16)27-15-26-17)8-7-20(25)23(14-21)11-3-10-22-9-2-4-19(22)24/h5-6,12H,2-4,7-11,13-15H2,1H3/t21-/m1/s1. The molecule has 0 aromatic heterocycles. The Morgan fingerprint density at radius 1 is 1.04 bits per heavy atom. The van der Waals surface area contributed by atoms with Crippen molar-refractivity contribution in [2.24, 2.45) is 5.41 Å². The van der Waals surface area contributed by atoms with Crippen molar-refractivity contribution in [1.29, 1.82) is 0 Å². The normalized spacial score (nSPS) is 24.8. The highest BCUT2D eigenvalue weighted by atomic mass is 16.7. The molecule has 3 aliphatic rings. The molecule has 0 bridgehead atoms. The summed E-state index contributed by atoms with van der Waals surface area (Å²) < 4.78 is 10.9. The van der Waals surface area contributed by atoms with Gasteiger partial charge in [-0.2, -0.15) is 0 Å². The number of amides is 2. The van der Waals surface area contributed by atoms with E-state index in [0.29, 0.717) is 12.8 Å². The van der Waals surface area contributed by atoms with E-state index >= 15 is 0 Å². The van der Waals surface area contributed by atoms with Gasteiger partial charge in [0.05, 0.1) is 0 Å². The van der Waals surface area contributed by atoms with Crippen molar-refractivity contribution in [2.75, 3.05) is 33.0 Å². The second-order valence-corrected chi connectivity index (χ2v) is 8.33. The number of carbonyl (C=O) groups is 2. The second-order valence-electron chi connectivity index (χ2n) is 8.33. The van der Waals surface area contributed by atoms with Crippen molar-refractivity contribution in [3.05, 3.63) is 23.8 Å². The van der Waals surface area contributed by atoms with Crippen LogP contribution in [0.3, 0.4) is 0 Å². The van der Waals surface area contributed by atoms with Crippen LogP contribution < -0.4 is 9.47 Å². The molecule has 27 heavy (non-hydrogen) atoms. The summed E-state index contributed by atoms with van der Waals surface area (Å²) in [6.45, 7) is 5.70. The number of carbonyl (C=O) groups excluding carboxylic acids is 2. The third kappa shape index (κ3) is 4.04. The summed E-state index contributed by atoms with van der Waals surface area (Å²) in [5.41, 5.74) is 1.28. The molecular weight excluding hydrogens is 344 g/mol. The van der Waals surface area contributed by atoms with Crippen LogP contribution >= 0.6 is 0 Å². The van der Waals surface area contributed by atoms with Gasteiger partial charge in [-0.1, -0.05) is 13.0 Å². The van der Waals surface area contributed by atoms with E-state index in [1.54, 1.807) is 0 Å². The number of fused-ring (bicyclic) bond motifs is 1. The van der Waals surface area contributed by atoms with Crippen LogP contribution in [-0.4, -0.2) is 54.6 Å². The lowest BCUT2D eigenvalue weighted by molar-refractivity contribution is -0.137. The van der Waals surface area contributed by atoms with E-state index in [1.165, 1.54) is 5.56 Å². The largest absolute Gasteiger partial charge is 0.454 e. The van der Waals surface area contributed by atoms with E-state index < -0.39 is 0 Å². The molecule has 1 aromatic rings. The van der Waals surface area contributed by atoms with Crippen LogP contribution in [-0.2, 0) is 16.0 Å². The zero-order valence-corrected chi connectivity index (χ0v) is 16.0.